The van der Waals surface area contributed by atoms with Crippen molar-refractivity contribution in [1.82, 2.24) is 24.7 Å². The van der Waals surface area contributed by atoms with Gasteiger partial charge in [0.15, 0.2) is 0 Å². The van der Waals surface area contributed by atoms with E-state index < -0.39 is 5.78 Å². The molecule has 0 atom stereocenters. The fourth-order valence-electron chi connectivity index (χ4n) is 3.58. The molecule has 3 heterocycles. The van der Waals surface area contributed by atoms with Crippen LogP contribution in [0.5, 0.6) is 0 Å². The lowest BCUT2D eigenvalue weighted by molar-refractivity contribution is 0.102. The quantitative estimate of drug-likeness (QED) is 0.275. The second kappa shape index (κ2) is 8.59. The summed E-state index contributed by atoms with van der Waals surface area (Å²) < 4.78 is 7.07. The Morgan fingerprint density at radius 3 is 2.70 bits per heavy atom. The first-order valence-corrected chi connectivity index (χ1v) is 10.9. The highest BCUT2D eigenvalue weighted by molar-refractivity contribution is 6.37. The fraction of sp³-hybridized carbons (Fsp3) is 0.0870. The van der Waals surface area contributed by atoms with E-state index in [2.05, 4.69) is 20.1 Å². The van der Waals surface area contributed by atoms with Gasteiger partial charge in [-0.05, 0) is 42.8 Å². The van der Waals surface area contributed by atoms with Crippen LogP contribution in [0.2, 0.25) is 15.2 Å². The summed E-state index contributed by atoms with van der Waals surface area (Å²) in [7, 11) is 0. The standard InChI is InChI=1S/C23H14Cl3N5O2/c1-12-2-5-18-15(8-12)19(21(26)31(18)10-13-3-4-14(24)9-16(13)25)20(32)22-29-23(33-30-22)17-6-7-27-11-28-17/h2-9,11H,10H2,1H3. The number of nitrogens with zero attached hydrogens (tertiary/aromatic N) is 5. The third-order valence-electron chi connectivity index (χ3n) is 5.16. The van der Waals surface area contributed by atoms with Gasteiger partial charge in [-0.25, -0.2) is 9.97 Å². The fourth-order valence-corrected chi connectivity index (χ4v) is 4.38. The van der Waals surface area contributed by atoms with Gasteiger partial charge < -0.3 is 9.09 Å². The van der Waals surface area contributed by atoms with E-state index in [1.807, 2.05) is 35.8 Å². The molecule has 0 fully saturated rings. The Bertz CT molecular complexity index is 1510. The lowest BCUT2D eigenvalue weighted by Gasteiger charge is -2.10. The topological polar surface area (TPSA) is 86.7 Å². The molecule has 0 amide bonds. The maximum Gasteiger partial charge on any atom is 0.277 e. The molecule has 0 saturated heterocycles. The maximum atomic E-state index is 13.5. The zero-order valence-corrected chi connectivity index (χ0v) is 19.4. The molecule has 33 heavy (non-hydrogen) atoms. The van der Waals surface area contributed by atoms with Crippen molar-refractivity contribution in [2.75, 3.05) is 0 Å². The highest BCUT2D eigenvalue weighted by Gasteiger charge is 2.27. The minimum Gasteiger partial charge on any atom is -0.332 e. The second-order valence-corrected chi connectivity index (χ2v) is 8.56. The molecule has 10 heteroatoms. The Balaban J connectivity index is 1.61. The van der Waals surface area contributed by atoms with Crippen LogP contribution >= 0.6 is 34.8 Å². The third kappa shape index (κ3) is 3.99. The molecule has 7 nitrogen and oxygen atoms in total. The van der Waals surface area contributed by atoms with Crippen LogP contribution in [0.3, 0.4) is 0 Å². The van der Waals surface area contributed by atoms with Crippen LogP contribution in [-0.4, -0.2) is 30.5 Å². The van der Waals surface area contributed by atoms with Gasteiger partial charge in [-0.3, -0.25) is 4.79 Å². The molecule has 0 N–H and O–H groups in total. The number of aryl methyl sites for hydroxylation is 1. The number of ketones is 1. The van der Waals surface area contributed by atoms with Crippen LogP contribution in [0.4, 0.5) is 0 Å². The van der Waals surface area contributed by atoms with E-state index in [0.29, 0.717) is 27.7 Å². The smallest absolute Gasteiger partial charge is 0.277 e. The number of halogens is 3. The first-order chi connectivity index (χ1) is 15.9. The molecular formula is C23H14Cl3N5O2. The summed E-state index contributed by atoms with van der Waals surface area (Å²) in [6.45, 7) is 2.29. The Morgan fingerprint density at radius 2 is 1.94 bits per heavy atom. The molecule has 0 saturated carbocycles. The number of carbonyl (C=O) groups excluding carboxylic acids is 1. The van der Waals surface area contributed by atoms with Crippen molar-refractivity contribution in [3.63, 3.8) is 0 Å². The van der Waals surface area contributed by atoms with E-state index in [0.717, 1.165) is 16.6 Å². The van der Waals surface area contributed by atoms with E-state index >= 15 is 0 Å². The number of fused-ring (bicyclic) bond motifs is 1. The average Bonchev–Trinajstić information content (AvgIpc) is 3.39. The lowest BCUT2D eigenvalue weighted by Crippen LogP contribution is -2.06. The van der Waals surface area contributed by atoms with Gasteiger partial charge in [0.25, 0.3) is 5.89 Å². The molecular weight excluding hydrogens is 485 g/mol. The van der Waals surface area contributed by atoms with Crippen molar-refractivity contribution >= 4 is 51.5 Å². The van der Waals surface area contributed by atoms with Crippen LogP contribution in [0.15, 0.2) is 59.5 Å². The first-order valence-electron chi connectivity index (χ1n) is 9.79. The molecule has 0 bridgehead atoms. The van der Waals surface area contributed by atoms with Crippen LogP contribution in [0, 0.1) is 6.92 Å². The van der Waals surface area contributed by atoms with Crippen LogP contribution in [0.1, 0.15) is 27.3 Å². The van der Waals surface area contributed by atoms with Gasteiger partial charge in [0.2, 0.25) is 11.6 Å². The molecule has 0 unspecified atom stereocenters. The van der Waals surface area contributed by atoms with Gasteiger partial charge in [0.05, 0.1) is 17.6 Å². The number of aromatic nitrogens is 5. The summed E-state index contributed by atoms with van der Waals surface area (Å²) in [6, 6.07) is 12.6. The van der Waals surface area contributed by atoms with Crippen LogP contribution in [-0.2, 0) is 6.54 Å². The molecule has 5 rings (SSSR count). The molecule has 0 radical (unpaired) electrons. The molecule has 0 aliphatic rings. The molecule has 164 valence electrons. The van der Waals surface area contributed by atoms with E-state index in [4.69, 9.17) is 39.3 Å². The van der Waals surface area contributed by atoms with Gasteiger partial charge in [-0.15, -0.1) is 0 Å². The Hall–Kier alpha value is -3.26. The largest absolute Gasteiger partial charge is 0.332 e. The molecule has 0 aliphatic carbocycles. The minimum atomic E-state index is -0.458. The number of hydrogen-bond acceptors (Lipinski definition) is 6. The van der Waals surface area contributed by atoms with Gasteiger partial charge in [0, 0.05) is 21.6 Å². The lowest BCUT2D eigenvalue weighted by atomic mass is 10.1. The monoisotopic (exact) mass is 497 g/mol. The molecule has 0 spiro atoms. The highest BCUT2D eigenvalue weighted by Crippen LogP contribution is 2.34. The van der Waals surface area contributed by atoms with E-state index in [-0.39, 0.29) is 22.4 Å². The summed E-state index contributed by atoms with van der Waals surface area (Å²) in [6.07, 6.45) is 2.90. The summed E-state index contributed by atoms with van der Waals surface area (Å²) >= 11 is 19.2. The Morgan fingerprint density at radius 1 is 1.09 bits per heavy atom. The maximum absolute atomic E-state index is 13.5. The molecule has 5 aromatic rings. The predicted octanol–water partition coefficient (Wildman–Crippen LogP) is 6.03. The number of rotatable bonds is 5. The Labute approximate surface area is 202 Å². The SMILES string of the molecule is Cc1ccc2c(c1)c(C(=O)c1noc(-c3ccncn3)n1)c(Cl)n2Cc1ccc(Cl)cc1Cl. The molecule has 0 aliphatic heterocycles. The summed E-state index contributed by atoms with van der Waals surface area (Å²) in [4.78, 5) is 25.6. The van der Waals surface area contributed by atoms with Gasteiger partial charge in [0.1, 0.15) is 17.2 Å². The molecule has 3 aromatic heterocycles. The summed E-state index contributed by atoms with van der Waals surface area (Å²) in [5, 5.41) is 5.84. The average molecular weight is 499 g/mol. The van der Waals surface area contributed by atoms with Crippen molar-refractivity contribution < 1.29 is 9.32 Å². The van der Waals surface area contributed by atoms with Gasteiger partial charge in [-0.2, -0.15) is 4.98 Å². The minimum absolute atomic E-state index is 0.115. The third-order valence-corrected chi connectivity index (χ3v) is 6.14. The van der Waals surface area contributed by atoms with Crippen molar-refractivity contribution in [1.29, 1.82) is 0 Å². The normalized spacial score (nSPS) is 11.3. The zero-order chi connectivity index (χ0) is 23.1. The van der Waals surface area contributed by atoms with Gasteiger partial charge in [-0.1, -0.05) is 57.7 Å². The van der Waals surface area contributed by atoms with Gasteiger partial charge >= 0.3 is 0 Å². The first kappa shape index (κ1) is 21.6. The number of carbonyl (C=O) groups is 1. The zero-order valence-electron chi connectivity index (χ0n) is 17.1. The summed E-state index contributed by atoms with van der Waals surface area (Å²) in [5.41, 5.74) is 3.27. The van der Waals surface area contributed by atoms with Crippen LogP contribution < -0.4 is 0 Å². The summed E-state index contributed by atoms with van der Waals surface area (Å²) in [5.74, 6) is -0.457. The van der Waals surface area contributed by atoms with E-state index in [1.165, 1.54) is 6.33 Å². The Kier molecular flexibility index (Phi) is 5.62. The molecule has 2 aromatic carbocycles. The van der Waals surface area contributed by atoms with E-state index in [9.17, 15) is 4.79 Å². The van der Waals surface area contributed by atoms with Crippen molar-refractivity contribution in [3.8, 4) is 11.6 Å². The van der Waals surface area contributed by atoms with E-state index in [1.54, 1.807) is 24.4 Å². The van der Waals surface area contributed by atoms with Crippen molar-refractivity contribution in [3.05, 3.63) is 92.7 Å². The number of hydrogen-bond donors (Lipinski definition) is 0. The van der Waals surface area contributed by atoms with Crippen molar-refractivity contribution in [2.24, 2.45) is 0 Å². The predicted molar refractivity (Wildman–Crippen MR) is 126 cm³/mol. The second-order valence-electron chi connectivity index (χ2n) is 7.36. The van der Waals surface area contributed by atoms with Crippen LogP contribution in [0.25, 0.3) is 22.5 Å². The van der Waals surface area contributed by atoms with Crippen molar-refractivity contribution in [2.45, 2.75) is 13.5 Å². The highest BCUT2D eigenvalue weighted by atomic mass is 35.5. The number of benzene rings is 2.